The Bertz CT molecular complexity index is 1440. The Labute approximate surface area is 252 Å². The number of amides is 2. The number of nitrogens with one attached hydrogen (secondary N) is 2. The minimum atomic E-state index is -4.75. The number of likely N-dealkylation sites (N-methyl/N-ethyl adjacent to an activating group) is 1. The van der Waals surface area contributed by atoms with Crippen molar-refractivity contribution in [2.45, 2.75) is 44.9 Å². The van der Waals surface area contributed by atoms with Crippen LogP contribution in [0.3, 0.4) is 0 Å². The van der Waals surface area contributed by atoms with E-state index >= 15 is 4.39 Å². The summed E-state index contributed by atoms with van der Waals surface area (Å²) in [5.74, 6) is -5.52. The third-order valence-electron chi connectivity index (χ3n) is 8.79. The third-order valence-corrected chi connectivity index (χ3v) is 8.79. The maximum atomic E-state index is 15.9. The number of hydrogen-bond acceptors (Lipinski definition) is 8. The molecule has 0 saturated carbocycles. The summed E-state index contributed by atoms with van der Waals surface area (Å²) in [6.45, 7) is 5.40. The highest BCUT2D eigenvalue weighted by molar-refractivity contribution is 5.98. The number of benzene rings is 1. The fourth-order valence-electron chi connectivity index (χ4n) is 6.06. The van der Waals surface area contributed by atoms with Crippen LogP contribution in [0.2, 0.25) is 0 Å². The zero-order chi connectivity index (χ0) is 31.8. The number of aromatic nitrogens is 2. The van der Waals surface area contributed by atoms with Crippen LogP contribution in [-0.2, 0) is 9.59 Å². The lowest BCUT2D eigenvalue weighted by atomic mass is 9.84. The van der Waals surface area contributed by atoms with Crippen molar-refractivity contribution in [2.24, 2.45) is 11.8 Å². The maximum Gasteiger partial charge on any atom is 0.393 e. The average Bonchev–Trinajstić information content (AvgIpc) is 2.99. The summed E-state index contributed by atoms with van der Waals surface area (Å²) in [5.41, 5.74) is 1.67. The van der Waals surface area contributed by atoms with Gasteiger partial charge in [0, 0.05) is 69.2 Å². The van der Waals surface area contributed by atoms with Gasteiger partial charge in [0.05, 0.1) is 28.8 Å². The van der Waals surface area contributed by atoms with Gasteiger partial charge in [-0.3, -0.25) is 19.3 Å². The Hall–Kier alpha value is -4.07. The summed E-state index contributed by atoms with van der Waals surface area (Å²) >= 11 is 0. The Balaban J connectivity index is 1.49. The van der Waals surface area contributed by atoms with Gasteiger partial charge in [-0.2, -0.15) is 13.2 Å². The Morgan fingerprint density at radius 2 is 1.80 bits per heavy atom. The molecule has 5 rings (SSSR count). The van der Waals surface area contributed by atoms with Crippen molar-refractivity contribution < 1.29 is 31.9 Å². The van der Waals surface area contributed by atoms with Crippen molar-refractivity contribution in [1.29, 1.82) is 0 Å². The molecule has 236 valence electrons. The molecular weight excluding hydrogens is 582 g/mol. The van der Waals surface area contributed by atoms with Crippen LogP contribution in [0, 0.1) is 17.7 Å². The lowest BCUT2D eigenvalue weighted by Gasteiger charge is -2.44. The predicted octanol–water partition coefficient (Wildman–Crippen LogP) is 3.50. The minimum absolute atomic E-state index is 0.0911. The number of halogens is 4. The average molecular weight is 618 g/mol. The molecule has 3 aliphatic rings. The van der Waals surface area contributed by atoms with E-state index in [1.807, 2.05) is 36.8 Å². The Morgan fingerprint density at radius 1 is 1.11 bits per heavy atom. The highest BCUT2D eigenvalue weighted by Gasteiger charge is 2.50. The summed E-state index contributed by atoms with van der Waals surface area (Å²) in [7, 11) is 1.99. The topological polar surface area (TPSA) is 111 Å². The number of hydrogen-bond donors (Lipinski definition) is 2. The summed E-state index contributed by atoms with van der Waals surface area (Å²) in [4.78, 5) is 50.7. The van der Waals surface area contributed by atoms with Crippen molar-refractivity contribution in [3.63, 3.8) is 0 Å². The van der Waals surface area contributed by atoms with E-state index in [1.165, 1.54) is 24.5 Å². The van der Waals surface area contributed by atoms with Crippen LogP contribution in [-0.4, -0.2) is 91.0 Å². The number of piperazine rings is 1. The maximum absolute atomic E-state index is 15.9. The number of alkyl halides is 3. The van der Waals surface area contributed by atoms with Crippen LogP contribution >= 0.6 is 0 Å². The van der Waals surface area contributed by atoms with Crippen molar-refractivity contribution in [3.05, 3.63) is 47.5 Å². The van der Waals surface area contributed by atoms with Gasteiger partial charge in [-0.25, -0.2) is 14.4 Å². The summed E-state index contributed by atoms with van der Waals surface area (Å²) in [5, 5.41) is 5.06. The van der Waals surface area contributed by atoms with E-state index < -0.39 is 48.6 Å². The zero-order valence-corrected chi connectivity index (χ0v) is 24.7. The van der Waals surface area contributed by atoms with Gasteiger partial charge in [0.15, 0.2) is 6.29 Å². The third kappa shape index (κ3) is 6.54. The number of nitrogens with zero attached hydrogens (tertiary/aromatic N) is 5. The molecule has 2 aromatic rings. The molecule has 0 spiro atoms. The molecular formula is C30H35F4N7O3. The monoisotopic (exact) mass is 617 g/mol. The van der Waals surface area contributed by atoms with E-state index in [1.54, 1.807) is 0 Å². The van der Waals surface area contributed by atoms with Crippen LogP contribution in [0.4, 0.5) is 34.9 Å². The van der Waals surface area contributed by atoms with Crippen LogP contribution in [0.5, 0.6) is 0 Å². The molecule has 4 atom stereocenters. The van der Waals surface area contributed by atoms with Crippen LogP contribution in [0.15, 0.2) is 30.6 Å². The second-order valence-corrected chi connectivity index (χ2v) is 11.7. The second kappa shape index (κ2) is 12.5. The molecule has 2 fully saturated rings. The molecule has 0 aliphatic carbocycles. The summed E-state index contributed by atoms with van der Waals surface area (Å²) < 4.78 is 57.6. The molecule has 4 heterocycles. The number of rotatable bonds is 6. The van der Waals surface area contributed by atoms with Gasteiger partial charge >= 0.3 is 6.18 Å². The highest BCUT2D eigenvalue weighted by atomic mass is 19.4. The van der Waals surface area contributed by atoms with Crippen molar-refractivity contribution in [1.82, 2.24) is 20.2 Å². The van der Waals surface area contributed by atoms with E-state index in [-0.39, 0.29) is 29.9 Å². The molecule has 44 heavy (non-hydrogen) atoms. The normalized spacial score (nSPS) is 24.9. The van der Waals surface area contributed by atoms with E-state index in [4.69, 9.17) is 0 Å². The lowest BCUT2D eigenvalue weighted by Crippen LogP contribution is -2.55. The quantitative estimate of drug-likeness (QED) is 0.375. The molecule has 10 nitrogen and oxygen atoms in total. The standard InChI is InChI=1S/C30H35F4N7O3/c1-17-13-41(14-18(2)39(17)3)26-9-24(31)21(20-5-4-6-40(15-20)29-36-10-19(16-42)11-37-29)7-25(26)38-28(44)22-12-35-27(43)8-23(22)30(32,33)34/h5,7,9-11,16-18,22-23H,4,6,8,12-15H2,1-3H3,(H,35,43)(H,38,44)/t17-,18+,22?,23?. The molecule has 1 aromatic carbocycles. The number of carbonyl (C=O) groups is 3. The highest BCUT2D eigenvalue weighted by Crippen LogP contribution is 2.39. The summed E-state index contributed by atoms with van der Waals surface area (Å²) in [6.07, 6.45) is 0.261. The first-order chi connectivity index (χ1) is 20.8. The number of carbonyl (C=O) groups excluding carboxylic acids is 3. The SMILES string of the molecule is C[C@@H]1CN(c2cc(F)c(C3=CCCN(c4ncc(C=O)cn4)C3)cc2NC(=O)C2CNC(=O)CC2C(F)(F)F)C[C@H](C)N1C. The molecule has 2 N–H and O–H groups in total. The van der Waals surface area contributed by atoms with Gasteiger partial charge in [0.25, 0.3) is 0 Å². The second-order valence-electron chi connectivity index (χ2n) is 11.7. The molecule has 1 aromatic heterocycles. The van der Waals surface area contributed by atoms with Gasteiger partial charge in [-0.05, 0) is 45.0 Å². The van der Waals surface area contributed by atoms with E-state index in [0.717, 1.165) is 0 Å². The smallest absolute Gasteiger partial charge is 0.367 e. The first-order valence-electron chi connectivity index (χ1n) is 14.5. The molecule has 2 amide bonds. The fraction of sp³-hybridized carbons (Fsp3) is 0.500. The Kier molecular flexibility index (Phi) is 8.91. The molecule has 3 aliphatic heterocycles. The number of piperidine rings is 1. The van der Waals surface area contributed by atoms with Crippen LogP contribution < -0.4 is 20.4 Å². The van der Waals surface area contributed by atoms with Crippen molar-refractivity contribution in [2.75, 3.05) is 54.9 Å². The number of aldehydes is 1. The minimum Gasteiger partial charge on any atom is -0.367 e. The van der Waals surface area contributed by atoms with Gasteiger partial charge in [-0.15, -0.1) is 0 Å². The summed E-state index contributed by atoms with van der Waals surface area (Å²) in [6, 6.07) is 2.99. The number of anilines is 3. The fourth-order valence-corrected chi connectivity index (χ4v) is 6.06. The largest absolute Gasteiger partial charge is 0.393 e. The van der Waals surface area contributed by atoms with Gasteiger partial charge in [-0.1, -0.05) is 6.08 Å². The van der Waals surface area contributed by atoms with Crippen LogP contribution in [0.1, 0.15) is 42.6 Å². The van der Waals surface area contributed by atoms with Crippen molar-refractivity contribution in [3.8, 4) is 0 Å². The predicted molar refractivity (Wildman–Crippen MR) is 157 cm³/mol. The van der Waals surface area contributed by atoms with E-state index in [2.05, 4.69) is 25.5 Å². The first kappa shape index (κ1) is 31.4. The molecule has 2 saturated heterocycles. The van der Waals surface area contributed by atoms with Crippen molar-refractivity contribution >= 4 is 41.0 Å². The van der Waals surface area contributed by atoms with Crippen LogP contribution in [0.25, 0.3) is 5.57 Å². The lowest BCUT2D eigenvalue weighted by molar-refractivity contribution is -0.197. The van der Waals surface area contributed by atoms with Gasteiger partial charge in [0.2, 0.25) is 17.8 Å². The molecule has 0 bridgehead atoms. The van der Waals surface area contributed by atoms with Gasteiger partial charge < -0.3 is 20.4 Å². The van der Waals surface area contributed by atoms with E-state index in [9.17, 15) is 27.6 Å². The Morgan fingerprint density at radius 3 is 2.43 bits per heavy atom. The van der Waals surface area contributed by atoms with Gasteiger partial charge in [0.1, 0.15) is 5.82 Å². The molecule has 14 heteroatoms. The zero-order valence-electron chi connectivity index (χ0n) is 24.7. The first-order valence-corrected chi connectivity index (χ1v) is 14.5. The molecule has 0 radical (unpaired) electrons. The van der Waals surface area contributed by atoms with E-state index in [0.29, 0.717) is 55.1 Å². The molecule has 2 unspecified atom stereocenters.